The van der Waals surface area contributed by atoms with Crippen molar-refractivity contribution in [3.05, 3.63) is 105 Å². The summed E-state index contributed by atoms with van der Waals surface area (Å²) >= 11 is 5.24. The molecule has 0 N–H and O–H groups in total. The van der Waals surface area contributed by atoms with Gasteiger partial charge in [-0.15, -0.1) is 50.9 Å². The van der Waals surface area contributed by atoms with Crippen LogP contribution in [0.5, 0.6) is 0 Å². The molecule has 4 heteroatoms. The van der Waals surface area contributed by atoms with Crippen LogP contribution in [0.2, 0.25) is 0 Å². The number of ether oxygens (including phenoxy) is 1. The van der Waals surface area contributed by atoms with Crippen LogP contribution < -0.4 is 0 Å². The third kappa shape index (κ3) is 2.65. The third-order valence-corrected chi connectivity index (χ3v) is 7.37. The minimum absolute atomic E-state index is 0. The summed E-state index contributed by atoms with van der Waals surface area (Å²) in [5.74, 6) is 0. The van der Waals surface area contributed by atoms with E-state index < -0.39 is 0 Å². The molecule has 2 heterocycles. The van der Waals surface area contributed by atoms with Gasteiger partial charge in [0, 0.05) is 5.57 Å². The average Bonchev–Trinajstić information content (AvgIpc) is 3.24. The molecular weight excluding hydrogens is 507 g/mol. The Balaban J connectivity index is 0.000000118. The topological polar surface area (TPSA) is 9.23 Å². The van der Waals surface area contributed by atoms with Crippen LogP contribution >= 0.6 is 27.7 Å². The minimum Gasteiger partial charge on any atom is -0.475 e. The van der Waals surface area contributed by atoms with Gasteiger partial charge in [0.05, 0.1) is 4.91 Å². The summed E-state index contributed by atoms with van der Waals surface area (Å²) in [4.78, 5) is 2.65. The van der Waals surface area contributed by atoms with E-state index in [0.29, 0.717) is 0 Å². The van der Waals surface area contributed by atoms with Crippen molar-refractivity contribution in [1.29, 1.82) is 0 Å². The second kappa shape index (κ2) is 7.09. The molecule has 0 unspecified atom stereocenters. The first-order chi connectivity index (χ1) is 13.3. The second-order valence-corrected chi connectivity index (χ2v) is 8.50. The van der Waals surface area contributed by atoms with E-state index in [1.807, 2.05) is 12.1 Å². The largest absolute Gasteiger partial charge is 2.00 e. The maximum absolute atomic E-state index is 5.75. The van der Waals surface area contributed by atoms with Gasteiger partial charge in [0.2, 0.25) is 0 Å². The fourth-order valence-corrected chi connectivity index (χ4v) is 5.79. The van der Waals surface area contributed by atoms with Gasteiger partial charge in [-0.2, -0.15) is 24.3 Å². The van der Waals surface area contributed by atoms with Crippen molar-refractivity contribution in [2.75, 3.05) is 0 Å². The molecule has 132 valence electrons. The van der Waals surface area contributed by atoms with E-state index in [2.05, 4.69) is 82.7 Å². The van der Waals surface area contributed by atoms with Crippen LogP contribution in [0.1, 0.15) is 17.2 Å². The van der Waals surface area contributed by atoms with Gasteiger partial charge in [0.1, 0.15) is 6.10 Å². The molecule has 7 rings (SSSR count). The zero-order valence-electron chi connectivity index (χ0n) is 14.7. The van der Waals surface area contributed by atoms with E-state index in [0.717, 1.165) is 4.67 Å². The second-order valence-electron chi connectivity index (χ2n) is 6.76. The van der Waals surface area contributed by atoms with Crippen LogP contribution in [-0.4, -0.2) is 0 Å². The van der Waals surface area contributed by atoms with Crippen molar-refractivity contribution < 1.29 is 30.9 Å². The molecule has 0 spiro atoms. The summed E-state index contributed by atoms with van der Waals surface area (Å²) in [5.41, 5.74) is 3.86. The first-order valence-corrected chi connectivity index (χ1v) is 10.4. The van der Waals surface area contributed by atoms with E-state index in [1.165, 1.54) is 48.1 Å². The maximum atomic E-state index is 5.75. The number of halogens is 1. The van der Waals surface area contributed by atoms with Crippen LogP contribution in [0.3, 0.4) is 0 Å². The average molecular weight is 521 g/mol. The van der Waals surface area contributed by atoms with Crippen LogP contribution in [-0.2, 0) is 30.9 Å². The standard InChI is InChI=1S/C13H9.C11H4BrOS.Zr/c1-3-7-12-10(5-1)9-11-6-2-4-8-13(11)12;12-11-10-7-8(13-11)5-3-1-2-4-6(5)9(7)14-10;/h1-9H;1-2,4,8H;/q2*-1;+2/t;8-;/m.1./s1. The Bertz CT molecular complexity index is 1250. The van der Waals surface area contributed by atoms with Crippen molar-refractivity contribution in [3.63, 3.8) is 0 Å². The Kier molecular flexibility index (Phi) is 4.70. The molecule has 0 amide bonds. The van der Waals surface area contributed by atoms with Crippen LogP contribution in [0.25, 0.3) is 26.5 Å². The van der Waals surface area contributed by atoms with Crippen molar-refractivity contribution in [2.24, 2.45) is 0 Å². The zero-order chi connectivity index (χ0) is 18.0. The fourth-order valence-electron chi connectivity index (χ4n) is 4.04. The number of hydrogen-bond donors (Lipinski definition) is 0. The van der Waals surface area contributed by atoms with Crippen molar-refractivity contribution in [3.8, 4) is 0 Å². The number of hydrogen-bond acceptors (Lipinski definition) is 2. The van der Waals surface area contributed by atoms with Gasteiger partial charge in [-0.1, -0.05) is 48.2 Å². The normalized spacial score (nSPS) is 18.1. The Morgan fingerprint density at radius 2 is 1.57 bits per heavy atom. The van der Waals surface area contributed by atoms with Gasteiger partial charge in [-0.3, -0.25) is 0 Å². The van der Waals surface area contributed by atoms with E-state index in [9.17, 15) is 0 Å². The molecule has 0 saturated heterocycles. The predicted octanol–water partition coefficient (Wildman–Crippen LogP) is 7.30. The molecule has 0 saturated carbocycles. The molecule has 0 bridgehead atoms. The summed E-state index contributed by atoms with van der Waals surface area (Å²) in [6.45, 7) is 0. The summed E-state index contributed by atoms with van der Waals surface area (Å²) < 4.78 is 6.65. The SMILES string of the molecule is BrC1=C2SC3=C2[C@H](O1)c1[c-]cccc13.[Zr+2].c1ccc2c(c1)[cH-]c1ccccc12. The molecule has 3 aliphatic rings. The van der Waals surface area contributed by atoms with Gasteiger partial charge in [-0.05, 0) is 20.8 Å². The predicted molar refractivity (Wildman–Crippen MR) is 117 cm³/mol. The first-order valence-electron chi connectivity index (χ1n) is 8.84. The third-order valence-electron chi connectivity index (χ3n) is 5.27. The van der Waals surface area contributed by atoms with Crippen LogP contribution in [0.4, 0.5) is 0 Å². The summed E-state index contributed by atoms with van der Waals surface area (Å²) in [6, 6.07) is 28.7. The smallest absolute Gasteiger partial charge is 0.475 e. The summed E-state index contributed by atoms with van der Waals surface area (Å²) in [6.07, 6.45) is 0.117. The van der Waals surface area contributed by atoms with Gasteiger partial charge < -0.3 is 4.74 Å². The van der Waals surface area contributed by atoms with Crippen molar-refractivity contribution in [2.45, 2.75) is 6.10 Å². The van der Waals surface area contributed by atoms with Gasteiger partial charge in [-0.25, -0.2) is 0 Å². The molecule has 2 aliphatic heterocycles. The Hall–Kier alpha value is -1.48. The number of benzene rings is 3. The molecule has 28 heavy (non-hydrogen) atoms. The maximum Gasteiger partial charge on any atom is 2.00 e. The van der Waals surface area contributed by atoms with Gasteiger partial charge >= 0.3 is 26.2 Å². The molecular formula is C24H13BrOSZr. The summed E-state index contributed by atoms with van der Waals surface area (Å²) in [5, 5.41) is 5.39. The molecule has 0 radical (unpaired) electrons. The minimum atomic E-state index is 0. The molecule has 0 aromatic heterocycles. The van der Waals surface area contributed by atoms with Crippen molar-refractivity contribution in [1.82, 2.24) is 0 Å². The van der Waals surface area contributed by atoms with E-state index in [1.54, 1.807) is 11.8 Å². The monoisotopic (exact) mass is 518 g/mol. The van der Waals surface area contributed by atoms with Crippen LogP contribution in [0.15, 0.2) is 87.9 Å². The molecule has 1 atom stereocenters. The zero-order valence-corrected chi connectivity index (χ0v) is 19.6. The van der Waals surface area contributed by atoms with Crippen molar-refractivity contribution >= 4 is 54.1 Å². The quantitative estimate of drug-likeness (QED) is 0.225. The van der Waals surface area contributed by atoms with E-state index >= 15 is 0 Å². The van der Waals surface area contributed by atoms with Gasteiger partial charge in [0.15, 0.2) is 4.67 Å². The number of thioether (sulfide) groups is 1. The molecule has 1 aliphatic carbocycles. The van der Waals surface area contributed by atoms with E-state index in [-0.39, 0.29) is 32.3 Å². The number of fused-ring (bicyclic) bond motifs is 6. The Labute approximate surface area is 195 Å². The van der Waals surface area contributed by atoms with Gasteiger partial charge in [0.25, 0.3) is 0 Å². The van der Waals surface area contributed by atoms with Crippen LogP contribution in [0, 0.1) is 6.07 Å². The Morgan fingerprint density at radius 1 is 0.893 bits per heavy atom. The number of rotatable bonds is 0. The molecule has 1 nitrogen and oxygen atoms in total. The molecule has 4 aromatic carbocycles. The fraction of sp³-hybridized carbons (Fsp3) is 0.0417. The summed E-state index contributed by atoms with van der Waals surface area (Å²) in [7, 11) is 0. The first kappa shape index (κ1) is 18.5. The van der Waals surface area contributed by atoms with E-state index in [4.69, 9.17) is 4.74 Å². The molecule has 0 fully saturated rings. The molecule has 4 aromatic rings. The Morgan fingerprint density at radius 3 is 2.29 bits per heavy atom.